The highest BCUT2D eigenvalue weighted by Gasteiger charge is 2.37. The maximum Gasteiger partial charge on any atom is 0.210 e. The summed E-state index contributed by atoms with van der Waals surface area (Å²) >= 11 is 0. The lowest BCUT2D eigenvalue weighted by molar-refractivity contribution is -0.124. The van der Waals surface area contributed by atoms with Crippen molar-refractivity contribution in [2.75, 3.05) is 26.7 Å². The van der Waals surface area contributed by atoms with Crippen molar-refractivity contribution in [2.45, 2.75) is 89.1 Å². The number of hydrogen-bond donors (Lipinski definition) is 1. The number of likely N-dealkylation sites (N-methyl/N-ethyl adjacent to an activating group) is 1. The van der Waals surface area contributed by atoms with Gasteiger partial charge in [0, 0.05) is 24.7 Å². The molecule has 1 N–H and O–H groups in total. The first kappa shape index (κ1) is 21.5. The highest BCUT2D eigenvalue weighted by atomic mass is 16.5. The minimum absolute atomic E-state index is 0.229. The number of fused-ring (bicyclic) bond motifs is 2. The molecule has 3 fully saturated rings. The van der Waals surface area contributed by atoms with Crippen LogP contribution in [0.25, 0.3) is 0 Å². The van der Waals surface area contributed by atoms with Crippen molar-refractivity contribution < 1.29 is 9.53 Å². The van der Waals surface area contributed by atoms with Crippen molar-refractivity contribution in [1.29, 1.82) is 0 Å². The number of carbonyl (C=O) groups is 1. The quantitative estimate of drug-likeness (QED) is 0.486. The van der Waals surface area contributed by atoms with Gasteiger partial charge in [0.1, 0.15) is 0 Å². The number of amides is 1. The molecule has 0 aromatic carbocycles. The number of nitrogens with zero attached hydrogens (tertiary/aromatic N) is 2. The zero-order valence-electron chi connectivity index (χ0n) is 18.0. The molecule has 3 unspecified atom stereocenters. The van der Waals surface area contributed by atoms with Gasteiger partial charge in [0.15, 0.2) is 0 Å². The van der Waals surface area contributed by atoms with Gasteiger partial charge in [-0.3, -0.25) is 4.79 Å². The molecule has 2 bridgehead atoms. The number of nitrogens with one attached hydrogen (secondary N) is 1. The van der Waals surface area contributed by atoms with Crippen LogP contribution in [0.5, 0.6) is 0 Å². The fourth-order valence-corrected chi connectivity index (χ4v) is 5.21. The fourth-order valence-electron chi connectivity index (χ4n) is 5.21. The van der Waals surface area contributed by atoms with E-state index in [9.17, 15) is 4.79 Å². The van der Waals surface area contributed by atoms with E-state index >= 15 is 0 Å². The number of allylic oxidation sites excluding steroid dienone is 3. The van der Waals surface area contributed by atoms with E-state index < -0.39 is 0 Å². The van der Waals surface area contributed by atoms with E-state index in [1.54, 1.807) is 0 Å². The Morgan fingerprint density at radius 2 is 1.82 bits per heavy atom. The lowest BCUT2D eigenvalue weighted by atomic mass is 9.97. The molecule has 3 rings (SSSR count). The molecule has 5 nitrogen and oxygen atoms in total. The van der Waals surface area contributed by atoms with Crippen molar-refractivity contribution in [1.82, 2.24) is 15.1 Å². The van der Waals surface area contributed by atoms with Crippen LogP contribution in [0.4, 0.5) is 0 Å². The maximum absolute atomic E-state index is 12.1. The third-order valence-electron chi connectivity index (χ3n) is 6.79. The molecule has 0 spiro atoms. The summed E-state index contributed by atoms with van der Waals surface area (Å²) in [6.07, 6.45) is 16.1. The van der Waals surface area contributed by atoms with E-state index in [1.807, 2.05) is 6.92 Å². The topological polar surface area (TPSA) is 44.8 Å². The maximum atomic E-state index is 12.1. The third kappa shape index (κ3) is 5.68. The molecule has 3 aliphatic heterocycles. The average molecular weight is 390 g/mol. The molecule has 3 heterocycles. The second-order valence-electron chi connectivity index (χ2n) is 8.95. The monoisotopic (exact) mass is 389 g/mol. The Hall–Kier alpha value is -1.17. The van der Waals surface area contributed by atoms with Crippen LogP contribution < -0.4 is 5.32 Å². The number of carbonyl (C=O) groups excluding carboxylic acids is 1. The van der Waals surface area contributed by atoms with Crippen LogP contribution in [0.1, 0.15) is 58.8 Å². The van der Waals surface area contributed by atoms with Gasteiger partial charge in [-0.15, -0.1) is 0 Å². The van der Waals surface area contributed by atoms with Crippen LogP contribution in [0, 0.1) is 0 Å². The zero-order valence-corrected chi connectivity index (χ0v) is 18.0. The van der Waals surface area contributed by atoms with Crippen LogP contribution in [0.3, 0.4) is 0 Å². The van der Waals surface area contributed by atoms with Crippen molar-refractivity contribution in [3.63, 3.8) is 0 Å². The summed E-state index contributed by atoms with van der Waals surface area (Å²) in [5, 5.41) is 3.42. The molecular weight excluding hydrogens is 350 g/mol. The minimum Gasteiger partial charge on any atom is -0.375 e. The summed E-state index contributed by atoms with van der Waals surface area (Å²) in [7, 11) is 2.25. The summed E-state index contributed by atoms with van der Waals surface area (Å²) in [5.74, 6) is 0. The standard InChI is InChI=1S/C23H39N3O2/c1-4-5-6-18(2)13-21(26(17-27)19-9-11-24-12-10-19)16-25(3)20-14-22-7-8-23(15-20)28-22/h4-6,17,19-24H,7-16H2,1-3H3/b5-4-,18-6+. The van der Waals surface area contributed by atoms with E-state index in [2.05, 4.69) is 47.3 Å². The Labute approximate surface area is 171 Å². The molecule has 5 heteroatoms. The molecule has 3 saturated heterocycles. The Morgan fingerprint density at radius 1 is 1.14 bits per heavy atom. The van der Waals surface area contributed by atoms with Crippen molar-refractivity contribution >= 4 is 6.41 Å². The van der Waals surface area contributed by atoms with Gasteiger partial charge in [0.25, 0.3) is 0 Å². The van der Waals surface area contributed by atoms with Crippen molar-refractivity contribution in [3.05, 3.63) is 23.8 Å². The first-order chi connectivity index (χ1) is 13.6. The molecule has 158 valence electrons. The van der Waals surface area contributed by atoms with Crippen LogP contribution in [-0.2, 0) is 9.53 Å². The second-order valence-corrected chi connectivity index (χ2v) is 8.95. The molecule has 0 aromatic heterocycles. The van der Waals surface area contributed by atoms with E-state index in [0.29, 0.717) is 24.3 Å². The van der Waals surface area contributed by atoms with Crippen LogP contribution in [0.2, 0.25) is 0 Å². The summed E-state index contributed by atoms with van der Waals surface area (Å²) in [6.45, 7) is 7.19. The molecule has 0 saturated carbocycles. The van der Waals surface area contributed by atoms with E-state index in [0.717, 1.165) is 58.1 Å². The van der Waals surface area contributed by atoms with Crippen LogP contribution in [-0.4, -0.2) is 73.2 Å². The molecule has 1 amide bonds. The Balaban J connectivity index is 1.69. The molecular formula is C23H39N3O2. The molecule has 0 aromatic rings. The molecule has 0 radical (unpaired) electrons. The lowest BCUT2D eigenvalue weighted by Gasteiger charge is -2.42. The van der Waals surface area contributed by atoms with E-state index in [-0.39, 0.29) is 6.04 Å². The fraction of sp³-hybridized carbons (Fsp3) is 0.783. The Kier molecular flexibility index (Phi) is 8.12. The summed E-state index contributed by atoms with van der Waals surface area (Å²) < 4.78 is 6.04. The largest absolute Gasteiger partial charge is 0.375 e. The normalized spacial score (nSPS) is 30.1. The molecule has 3 atom stereocenters. The van der Waals surface area contributed by atoms with Gasteiger partial charge in [-0.2, -0.15) is 0 Å². The highest BCUT2D eigenvalue weighted by molar-refractivity contribution is 5.49. The van der Waals surface area contributed by atoms with E-state index in [4.69, 9.17) is 4.74 Å². The summed E-state index contributed by atoms with van der Waals surface area (Å²) in [6, 6.07) is 1.17. The van der Waals surface area contributed by atoms with Gasteiger partial charge in [0.2, 0.25) is 6.41 Å². The number of ether oxygens (including phenoxy) is 1. The second kappa shape index (κ2) is 10.6. The lowest BCUT2D eigenvalue weighted by Crippen LogP contribution is -2.53. The highest BCUT2D eigenvalue weighted by Crippen LogP contribution is 2.34. The number of piperidine rings is 1. The van der Waals surface area contributed by atoms with Gasteiger partial charge in [0.05, 0.1) is 12.2 Å². The first-order valence-corrected chi connectivity index (χ1v) is 11.2. The van der Waals surface area contributed by atoms with Gasteiger partial charge < -0.3 is 19.9 Å². The molecule has 28 heavy (non-hydrogen) atoms. The predicted molar refractivity (Wildman–Crippen MR) is 114 cm³/mol. The van der Waals surface area contributed by atoms with Gasteiger partial charge in [-0.1, -0.05) is 23.8 Å². The zero-order chi connectivity index (χ0) is 19.9. The van der Waals surface area contributed by atoms with Crippen molar-refractivity contribution in [2.24, 2.45) is 0 Å². The van der Waals surface area contributed by atoms with Gasteiger partial charge >= 0.3 is 0 Å². The van der Waals surface area contributed by atoms with Gasteiger partial charge in [-0.05, 0) is 78.9 Å². The Morgan fingerprint density at radius 3 is 2.43 bits per heavy atom. The number of rotatable bonds is 9. The molecule has 3 aliphatic rings. The van der Waals surface area contributed by atoms with E-state index in [1.165, 1.54) is 18.4 Å². The van der Waals surface area contributed by atoms with Crippen molar-refractivity contribution in [3.8, 4) is 0 Å². The van der Waals surface area contributed by atoms with Crippen LogP contribution in [0.15, 0.2) is 23.8 Å². The Bertz CT molecular complexity index is 544. The average Bonchev–Trinajstić information content (AvgIpc) is 3.05. The summed E-state index contributed by atoms with van der Waals surface area (Å²) in [4.78, 5) is 16.8. The minimum atomic E-state index is 0.229. The smallest absolute Gasteiger partial charge is 0.210 e. The number of hydrogen-bond acceptors (Lipinski definition) is 4. The third-order valence-corrected chi connectivity index (χ3v) is 6.79. The predicted octanol–water partition coefficient (Wildman–Crippen LogP) is 3.12. The van der Waals surface area contributed by atoms with Crippen LogP contribution >= 0.6 is 0 Å². The first-order valence-electron chi connectivity index (χ1n) is 11.2. The SMILES string of the molecule is C/C=C\C=C(/C)CC(CN(C)C1CC2CCC(C1)O2)N(C=O)C1CCNCC1. The summed E-state index contributed by atoms with van der Waals surface area (Å²) in [5.41, 5.74) is 1.34. The molecule has 0 aliphatic carbocycles. The van der Waals surface area contributed by atoms with Gasteiger partial charge in [-0.25, -0.2) is 0 Å².